The molecule has 108 valence electrons. The van der Waals surface area contributed by atoms with E-state index in [0.717, 1.165) is 10.2 Å². The zero-order valence-electron chi connectivity index (χ0n) is 11.5. The molecule has 2 N–H and O–H groups in total. The zero-order valence-corrected chi connectivity index (χ0v) is 13.1. The van der Waals surface area contributed by atoms with Crippen LogP contribution < -0.4 is 10.6 Å². The van der Waals surface area contributed by atoms with Crippen molar-refractivity contribution in [3.05, 3.63) is 47.0 Å². The average Bonchev–Trinajstić information content (AvgIpc) is 3.07. The van der Waals surface area contributed by atoms with Crippen LogP contribution in [0.15, 0.2) is 46.3 Å². The lowest BCUT2D eigenvalue weighted by Gasteiger charge is -2.27. The van der Waals surface area contributed by atoms with E-state index in [4.69, 9.17) is 5.73 Å². The fourth-order valence-electron chi connectivity index (χ4n) is 2.89. The van der Waals surface area contributed by atoms with E-state index in [9.17, 15) is 0 Å². The number of imidazole rings is 1. The second-order valence-electron chi connectivity index (χ2n) is 5.52. The highest BCUT2D eigenvalue weighted by Gasteiger charge is 2.34. The Kier molecular flexibility index (Phi) is 2.99. The van der Waals surface area contributed by atoms with E-state index in [1.165, 1.54) is 18.5 Å². The molecule has 0 saturated heterocycles. The van der Waals surface area contributed by atoms with Crippen molar-refractivity contribution in [1.29, 1.82) is 0 Å². The Bertz CT molecular complexity index is 704. The number of aromatic nitrogens is 2. The lowest BCUT2D eigenvalue weighted by atomic mass is 10.1. The third-order valence-electron chi connectivity index (χ3n) is 4.05. The molecule has 1 saturated carbocycles. The molecule has 0 radical (unpaired) electrons. The molecule has 0 bridgehead atoms. The number of aliphatic imine (C=N–C) groups is 1. The molecule has 1 aromatic carbocycles. The SMILES string of the molecule is NC1=NCC(c2cncn2C2CC2)N1c1cccc(Br)c1. The van der Waals surface area contributed by atoms with E-state index in [1.807, 2.05) is 24.7 Å². The van der Waals surface area contributed by atoms with E-state index in [1.54, 1.807) is 0 Å². The molecule has 1 aliphatic heterocycles. The molecule has 1 fully saturated rings. The molecule has 0 spiro atoms. The summed E-state index contributed by atoms with van der Waals surface area (Å²) < 4.78 is 3.32. The summed E-state index contributed by atoms with van der Waals surface area (Å²) in [5, 5.41) is 0. The van der Waals surface area contributed by atoms with Crippen LogP contribution in [-0.4, -0.2) is 22.1 Å². The first-order valence-corrected chi connectivity index (χ1v) is 7.90. The van der Waals surface area contributed by atoms with Gasteiger partial charge >= 0.3 is 0 Å². The molecule has 4 rings (SSSR count). The molecule has 2 aromatic rings. The van der Waals surface area contributed by atoms with E-state index >= 15 is 0 Å². The number of benzene rings is 1. The average molecular weight is 346 g/mol. The van der Waals surface area contributed by atoms with Crippen LogP contribution in [0.4, 0.5) is 5.69 Å². The molecule has 0 amide bonds. The lowest BCUT2D eigenvalue weighted by Crippen LogP contribution is -2.36. The van der Waals surface area contributed by atoms with Crippen molar-refractivity contribution in [3.63, 3.8) is 0 Å². The van der Waals surface area contributed by atoms with E-state index < -0.39 is 0 Å². The minimum atomic E-state index is 0.127. The summed E-state index contributed by atoms with van der Waals surface area (Å²) in [4.78, 5) is 10.9. The highest BCUT2D eigenvalue weighted by molar-refractivity contribution is 9.10. The Morgan fingerprint density at radius 3 is 2.90 bits per heavy atom. The van der Waals surface area contributed by atoms with Crippen LogP contribution in [-0.2, 0) is 0 Å². The number of nitrogens with zero attached hydrogens (tertiary/aromatic N) is 4. The fraction of sp³-hybridized carbons (Fsp3) is 0.333. The van der Waals surface area contributed by atoms with Gasteiger partial charge in [0.15, 0.2) is 5.96 Å². The highest BCUT2D eigenvalue weighted by atomic mass is 79.9. The maximum absolute atomic E-state index is 6.13. The van der Waals surface area contributed by atoms with Crippen LogP contribution in [0.25, 0.3) is 0 Å². The summed E-state index contributed by atoms with van der Waals surface area (Å²) in [5.74, 6) is 0.571. The lowest BCUT2D eigenvalue weighted by molar-refractivity contribution is 0.632. The van der Waals surface area contributed by atoms with Gasteiger partial charge in [-0.2, -0.15) is 0 Å². The smallest absolute Gasteiger partial charge is 0.196 e. The van der Waals surface area contributed by atoms with Crippen LogP contribution >= 0.6 is 15.9 Å². The van der Waals surface area contributed by atoms with Crippen molar-refractivity contribution in [2.75, 3.05) is 11.4 Å². The molecule has 1 aliphatic carbocycles. The van der Waals surface area contributed by atoms with Crippen molar-refractivity contribution in [2.45, 2.75) is 24.9 Å². The summed E-state index contributed by atoms with van der Waals surface area (Å²) >= 11 is 3.52. The maximum Gasteiger partial charge on any atom is 0.196 e. The van der Waals surface area contributed by atoms with Gasteiger partial charge in [0.1, 0.15) is 0 Å². The second-order valence-corrected chi connectivity index (χ2v) is 6.44. The molecular formula is C15H16BrN5. The van der Waals surface area contributed by atoms with E-state index in [2.05, 4.69) is 47.5 Å². The Labute approximate surface area is 131 Å². The van der Waals surface area contributed by atoms with Gasteiger partial charge in [0, 0.05) is 16.2 Å². The molecular weight excluding hydrogens is 330 g/mol. The normalized spacial score (nSPS) is 21.7. The van der Waals surface area contributed by atoms with Crippen molar-refractivity contribution in [3.8, 4) is 0 Å². The van der Waals surface area contributed by atoms with Gasteiger partial charge in [0.25, 0.3) is 0 Å². The molecule has 2 aliphatic rings. The topological polar surface area (TPSA) is 59.4 Å². The largest absolute Gasteiger partial charge is 0.369 e. The molecule has 5 nitrogen and oxygen atoms in total. The quantitative estimate of drug-likeness (QED) is 0.930. The number of anilines is 1. The van der Waals surface area contributed by atoms with Gasteiger partial charge in [-0.05, 0) is 31.0 Å². The Hall–Kier alpha value is -1.82. The van der Waals surface area contributed by atoms with Crippen molar-refractivity contribution < 1.29 is 0 Å². The maximum atomic E-state index is 6.13. The molecule has 6 heteroatoms. The van der Waals surface area contributed by atoms with Crippen LogP contribution in [0.2, 0.25) is 0 Å². The minimum Gasteiger partial charge on any atom is -0.369 e. The Balaban J connectivity index is 1.73. The number of hydrogen-bond donors (Lipinski definition) is 1. The number of rotatable bonds is 3. The van der Waals surface area contributed by atoms with Crippen molar-refractivity contribution in [2.24, 2.45) is 10.7 Å². The molecule has 21 heavy (non-hydrogen) atoms. The number of guanidine groups is 1. The highest BCUT2D eigenvalue weighted by Crippen LogP contribution is 2.39. The zero-order chi connectivity index (χ0) is 14.4. The third-order valence-corrected chi connectivity index (χ3v) is 4.54. The molecule has 1 unspecified atom stereocenters. The predicted octanol–water partition coefficient (Wildman–Crippen LogP) is 2.86. The number of hydrogen-bond acceptors (Lipinski definition) is 4. The monoisotopic (exact) mass is 345 g/mol. The first-order valence-electron chi connectivity index (χ1n) is 7.10. The second kappa shape index (κ2) is 4.87. The summed E-state index contributed by atoms with van der Waals surface area (Å²) in [6.45, 7) is 0.677. The standard InChI is InChI=1S/C15H16BrN5/c16-10-2-1-3-12(6-10)21-14(8-19-15(21)17)13-7-18-9-20(13)11-4-5-11/h1-3,6-7,9,11,14H,4-5,8H2,(H2,17,19). The van der Waals surface area contributed by atoms with Gasteiger partial charge in [-0.25, -0.2) is 4.98 Å². The first-order chi connectivity index (χ1) is 10.2. The summed E-state index contributed by atoms with van der Waals surface area (Å²) in [6.07, 6.45) is 6.36. The van der Waals surface area contributed by atoms with Gasteiger partial charge in [-0.1, -0.05) is 22.0 Å². The Morgan fingerprint density at radius 2 is 2.14 bits per heavy atom. The third kappa shape index (κ3) is 2.23. The minimum absolute atomic E-state index is 0.127. The molecule has 1 aromatic heterocycles. The fourth-order valence-corrected chi connectivity index (χ4v) is 3.28. The molecule has 2 heterocycles. The number of halogens is 1. The summed E-state index contributed by atoms with van der Waals surface area (Å²) in [6, 6.07) is 8.88. The van der Waals surface area contributed by atoms with Gasteiger partial charge in [0.2, 0.25) is 0 Å². The van der Waals surface area contributed by atoms with Gasteiger partial charge in [-0.15, -0.1) is 0 Å². The summed E-state index contributed by atoms with van der Waals surface area (Å²) in [7, 11) is 0. The van der Waals surface area contributed by atoms with E-state index in [0.29, 0.717) is 18.5 Å². The van der Waals surface area contributed by atoms with Crippen LogP contribution in [0, 0.1) is 0 Å². The number of nitrogens with two attached hydrogens (primary N) is 1. The predicted molar refractivity (Wildman–Crippen MR) is 86.3 cm³/mol. The van der Waals surface area contributed by atoms with Gasteiger partial charge < -0.3 is 15.2 Å². The molecule has 1 atom stereocenters. The van der Waals surface area contributed by atoms with Gasteiger partial charge in [-0.3, -0.25) is 4.99 Å². The first kappa shape index (κ1) is 12.9. The van der Waals surface area contributed by atoms with Crippen molar-refractivity contribution in [1.82, 2.24) is 9.55 Å². The van der Waals surface area contributed by atoms with Crippen molar-refractivity contribution >= 4 is 27.6 Å². The summed E-state index contributed by atoms with van der Waals surface area (Å²) in [5.41, 5.74) is 8.38. The van der Waals surface area contributed by atoms with Crippen LogP contribution in [0.1, 0.15) is 30.6 Å². The van der Waals surface area contributed by atoms with Crippen LogP contribution in [0.5, 0.6) is 0 Å². The van der Waals surface area contributed by atoms with Gasteiger partial charge in [0.05, 0.1) is 30.8 Å². The van der Waals surface area contributed by atoms with E-state index in [-0.39, 0.29) is 6.04 Å². The Morgan fingerprint density at radius 1 is 1.29 bits per heavy atom. The van der Waals surface area contributed by atoms with Crippen LogP contribution in [0.3, 0.4) is 0 Å².